The summed E-state index contributed by atoms with van der Waals surface area (Å²) in [6, 6.07) is 8.66. The van der Waals surface area contributed by atoms with Crippen LogP contribution < -0.4 is 11.1 Å². The van der Waals surface area contributed by atoms with Gasteiger partial charge in [0, 0.05) is 12.3 Å². The predicted octanol–water partition coefficient (Wildman–Crippen LogP) is 3.23. The van der Waals surface area contributed by atoms with Crippen LogP contribution in [0.2, 0.25) is 0 Å². The van der Waals surface area contributed by atoms with E-state index in [4.69, 9.17) is 5.73 Å². The van der Waals surface area contributed by atoms with Gasteiger partial charge in [-0.25, -0.2) is 0 Å². The fraction of sp³-hybridized carbons (Fsp3) is 0.526. The lowest BCUT2D eigenvalue weighted by molar-refractivity contribution is -0.119. The third kappa shape index (κ3) is 4.07. The summed E-state index contributed by atoms with van der Waals surface area (Å²) in [5.74, 6) is -0.0332. The number of rotatable bonds is 8. The Hall–Kier alpha value is -1.79. The van der Waals surface area contributed by atoms with Crippen molar-refractivity contribution in [2.24, 2.45) is 5.73 Å². The lowest BCUT2D eigenvalue weighted by Crippen LogP contribution is -2.26. The van der Waals surface area contributed by atoms with E-state index in [1.165, 1.54) is 11.1 Å². The maximum absolute atomic E-state index is 11.6. The number of carbonyl (C=O) groups is 1. The molecule has 1 amide bonds. The van der Waals surface area contributed by atoms with Gasteiger partial charge in [0.1, 0.15) is 10.0 Å². The number of carbonyl (C=O) groups excluding carboxylic acids is 1. The van der Waals surface area contributed by atoms with Gasteiger partial charge in [-0.3, -0.25) is 4.79 Å². The Bertz CT molecular complexity index is 721. The number of aryl methyl sites for hydroxylation is 1. The number of nitrogens with two attached hydrogens (primary N) is 1. The molecule has 1 aromatic carbocycles. The van der Waals surface area contributed by atoms with Gasteiger partial charge in [-0.2, -0.15) is 0 Å². The van der Waals surface area contributed by atoms with Gasteiger partial charge in [0.2, 0.25) is 5.91 Å². The summed E-state index contributed by atoms with van der Waals surface area (Å²) >= 11 is 1.64. The van der Waals surface area contributed by atoms with Gasteiger partial charge in [-0.1, -0.05) is 41.2 Å². The highest BCUT2D eigenvalue weighted by atomic mass is 32.1. The first-order chi connectivity index (χ1) is 12.0. The molecular formula is C19H26N4OS. The van der Waals surface area contributed by atoms with Gasteiger partial charge in [0.05, 0.1) is 6.04 Å². The molecule has 0 unspecified atom stereocenters. The van der Waals surface area contributed by atoms with Crippen molar-refractivity contribution in [3.05, 3.63) is 45.4 Å². The molecule has 3 N–H and O–H groups in total. The predicted molar refractivity (Wildman–Crippen MR) is 101 cm³/mol. The van der Waals surface area contributed by atoms with E-state index in [1.807, 2.05) is 0 Å². The SMILES string of the molecule is CC(=O)N[C@@H](CCCCN)c1nnc(C2(c3ccc(C)cc3)CC2)s1. The minimum atomic E-state index is -0.0656. The lowest BCUT2D eigenvalue weighted by atomic mass is 9.96. The van der Waals surface area contributed by atoms with Crippen molar-refractivity contribution in [3.63, 3.8) is 0 Å². The van der Waals surface area contributed by atoms with E-state index in [2.05, 4.69) is 46.7 Å². The highest BCUT2D eigenvalue weighted by Gasteiger charge is 2.49. The zero-order valence-electron chi connectivity index (χ0n) is 14.9. The van der Waals surface area contributed by atoms with Crippen LogP contribution in [0, 0.1) is 6.92 Å². The number of amides is 1. The van der Waals surface area contributed by atoms with Gasteiger partial charge in [0.25, 0.3) is 0 Å². The Kier molecular flexibility index (Phi) is 5.49. The fourth-order valence-electron chi connectivity index (χ4n) is 3.19. The maximum atomic E-state index is 11.6. The second-order valence-corrected chi connectivity index (χ2v) is 7.94. The van der Waals surface area contributed by atoms with E-state index in [0.29, 0.717) is 6.54 Å². The smallest absolute Gasteiger partial charge is 0.217 e. The molecule has 2 aromatic rings. The van der Waals surface area contributed by atoms with Crippen LogP contribution in [-0.4, -0.2) is 22.6 Å². The first-order valence-corrected chi connectivity index (χ1v) is 9.75. The average Bonchev–Trinajstić information content (AvgIpc) is 3.24. The van der Waals surface area contributed by atoms with Crippen LogP contribution in [0.5, 0.6) is 0 Å². The van der Waals surface area contributed by atoms with Crippen molar-refractivity contribution in [1.29, 1.82) is 0 Å². The second-order valence-electron chi connectivity index (χ2n) is 6.93. The number of aromatic nitrogens is 2. The Morgan fingerprint density at radius 1 is 1.28 bits per heavy atom. The third-order valence-corrected chi connectivity index (χ3v) is 6.07. The molecular weight excluding hydrogens is 332 g/mol. The maximum Gasteiger partial charge on any atom is 0.217 e. The second kappa shape index (κ2) is 7.62. The summed E-state index contributed by atoms with van der Waals surface area (Å²) in [7, 11) is 0. The molecule has 0 radical (unpaired) electrons. The zero-order chi connectivity index (χ0) is 17.9. The first kappa shape index (κ1) is 18.0. The van der Waals surface area contributed by atoms with Gasteiger partial charge >= 0.3 is 0 Å². The monoisotopic (exact) mass is 358 g/mol. The minimum Gasteiger partial charge on any atom is -0.347 e. The lowest BCUT2D eigenvalue weighted by Gasteiger charge is -2.15. The van der Waals surface area contributed by atoms with Gasteiger partial charge in [-0.15, -0.1) is 10.2 Å². The third-order valence-electron chi connectivity index (χ3n) is 4.83. The average molecular weight is 359 g/mol. The highest BCUT2D eigenvalue weighted by molar-refractivity contribution is 7.11. The Labute approximate surface area is 153 Å². The summed E-state index contributed by atoms with van der Waals surface area (Å²) in [6.45, 7) is 4.32. The van der Waals surface area contributed by atoms with E-state index in [1.54, 1.807) is 18.3 Å². The largest absolute Gasteiger partial charge is 0.347 e. The Balaban J connectivity index is 1.80. The molecule has 0 spiro atoms. The van der Waals surface area contributed by atoms with Crippen molar-refractivity contribution < 1.29 is 4.79 Å². The number of hydrogen-bond acceptors (Lipinski definition) is 5. The van der Waals surface area contributed by atoms with Crippen LogP contribution in [0.3, 0.4) is 0 Å². The molecule has 1 heterocycles. The molecule has 1 aliphatic carbocycles. The zero-order valence-corrected chi connectivity index (χ0v) is 15.7. The number of benzene rings is 1. The fourth-order valence-corrected chi connectivity index (χ4v) is 4.39. The molecule has 1 saturated carbocycles. The molecule has 0 saturated heterocycles. The molecule has 5 nitrogen and oxygen atoms in total. The number of nitrogens with zero attached hydrogens (tertiary/aromatic N) is 2. The van der Waals surface area contributed by atoms with Crippen molar-refractivity contribution in [1.82, 2.24) is 15.5 Å². The standard InChI is InChI=1S/C19H26N4OS/c1-13-6-8-15(9-7-13)19(10-11-19)18-23-22-17(25-18)16(21-14(2)24)5-3-4-12-20/h6-9,16H,3-5,10-12,20H2,1-2H3,(H,21,24)/t16-/m0/s1. The van der Waals surface area contributed by atoms with Crippen LogP contribution in [0.25, 0.3) is 0 Å². The molecule has 134 valence electrons. The van der Waals surface area contributed by atoms with Crippen molar-refractivity contribution in [2.75, 3.05) is 6.54 Å². The van der Waals surface area contributed by atoms with Gasteiger partial charge < -0.3 is 11.1 Å². The minimum absolute atomic E-state index is 0.0294. The molecule has 1 aromatic heterocycles. The molecule has 0 bridgehead atoms. The van der Waals surface area contributed by atoms with Crippen LogP contribution >= 0.6 is 11.3 Å². The van der Waals surface area contributed by atoms with Crippen molar-refractivity contribution in [2.45, 2.75) is 57.4 Å². The summed E-state index contributed by atoms with van der Waals surface area (Å²) in [4.78, 5) is 11.6. The molecule has 1 fully saturated rings. The Morgan fingerprint density at radius 3 is 2.60 bits per heavy atom. The van der Waals surface area contributed by atoms with E-state index < -0.39 is 0 Å². The number of unbranched alkanes of at least 4 members (excludes halogenated alkanes) is 1. The molecule has 1 atom stereocenters. The highest BCUT2D eigenvalue weighted by Crippen LogP contribution is 2.54. The molecule has 0 aliphatic heterocycles. The topological polar surface area (TPSA) is 80.9 Å². The van der Waals surface area contributed by atoms with E-state index in [-0.39, 0.29) is 17.4 Å². The van der Waals surface area contributed by atoms with Crippen LogP contribution in [0.1, 0.15) is 66.2 Å². The van der Waals surface area contributed by atoms with Crippen LogP contribution in [-0.2, 0) is 10.2 Å². The van der Waals surface area contributed by atoms with Crippen molar-refractivity contribution >= 4 is 17.2 Å². The summed E-state index contributed by atoms with van der Waals surface area (Å²) in [5.41, 5.74) is 8.20. The molecule has 25 heavy (non-hydrogen) atoms. The molecule has 3 rings (SSSR count). The van der Waals surface area contributed by atoms with Crippen LogP contribution in [0.15, 0.2) is 24.3 Å². The van der Waals surface area contributed by atoms with E-state index >= 15 is 0 Å². The Morgan fingerprint density at radius 2 is 2.00 bits per heavy atom. The van der Waals surface area contributed by atoms with Gasteiger partial charge in [-0.05, 0) is 51.1 Å². The van der Waals surface area contributed by atoms with E-state index in [0.717, 1.165) is 42.1 Å². The summed E-state index contributed by atoms with van der Waals surface area (Å²) in [5, 5.41) is 13.9. The number of hydrogen-bond donors (Lipinski definition) is 2. The molecule has 6 heteroatoms. The van der Waals surface area contributed by atoms with Gasteiger partial charge in [0.15, 0.2) is 0 Å². The van der Waals surface area contributed by atoms with Crippen molar-refractivity contribution in [3.8, 4) is 0 Å². The van der Waals surface area contributed by atoms with Crippen LogP contribution in [0.4, 0.5) is 0 Å². The number of nitrogens with one attached hydrogen (secondary N) is 1. The summed E-state index contributed by atoms with van der Waals surface area (Å²) < 4.78 is 0. The summed E-state index contributed by atoms with van der Waals surface area (Å²) in [6.07, 6.45) is 5.00. The first-order valence-electron chi connectivity index (χ1n) is 8.93. The normalized spacial score (nSPS) is 16.4. The quantitative estimate of drug-likeness (QED) is 0.710. The van der Waals surface area contributed by atoms with E-state index in [9.17, 15) is 4.79 Å². The molecule has 1 aliphatic rings.